The van der Waals surface area contributed by atoms with Gasteiger partial charge in [0.1, 0.15) is 6.02 Å². The Morgan fingerprint density at radius 2 is 1.85 bits per heavy atom. The lowest BCUT2D eigenvalue weighted by Gasteiger charge is -2.29. The van der Waals surface area contributed by atoms with Crippen LogP contribution in [0.25, 0.3) is 0 Å². The summed E-state index contributed by atoms with van der Waals surface area (Å²) < 4.78 is 31.6. The van der Waals surface area contributed by atoms with Crippen LogP contribution in [0.3, 0.4) is 0 Å². The zero-order valence-corrected chi connectivity index (χ0v) is 18.2. The lowest BCUT2D eigenvalue weighted by atomic mass is 10.0. The first-order chi connectivity index (χ1) is 17.2. The maximum absolute atomic E-state index is 13.2. The summed E-state index contributed by atoms with van der Waals surface area (Å²) in [5, 5.41) is 5.30. The number of nitrogens with zero attached hydrogens (tertiary/aromatic N) is 2. The molecule has 0 aromatic heterocycles. The van der Waals surface area contributed by atoms with E-state index in [1.807, 2.05) is 12.1 Å². The summed E-state index contributed by atoms with van der Waals surface area (Å²) in [6, 6.07) is 10.8. The topological polar surface area (TPSA) is 91.0 Å². The van der Waals surface area contributed by atoms with Crippen LogP contribution < -0.4 is 10.6 Å². The Bertz CT molecular complexity index is 1200. The van der Waals surface area contributed by atoms with Crippen LogP contribution in [0.1, 0.15) is 44.0 Å². The molecular formula is C25H28N4O4. The number of imide groups is 1. The van der Waals surface area contributed by atoms with Crippen molar-refractivity contribution in [2.24, 2.45) is 0 Å². The fourth-order valence-corrected chi connectivity index (χ4v) is 4.27. The Morgan fingerprint density at radius 3 is 2.61 bits per heavy atom. The molecule has 2 fully saturated rings. The Morgan fingerprint density at radius 1 is 1.09 bits per heavy atom. The Labute approximate surface area is 197 Å². The molecule has 33 heavy (non-hydrogen) atoms. The predicted octanol–water partition coefficient (Wildman–Crippen LogP) is 1.89. The standard InChI is InChI=1S/C25H28N4O4/c30-23-9-8-22(24(31)27-23)29-16-20-19(25(29)32)2-1-3-21(20)26-14-17-4-6-18(7-5-17)15-28-10-12-33-13-11-28/h1-7,22,26H,8-16H2,(H,27,30,31)/t22-/m1/s1/i16D2,22D. The number of fused-ring (bicyclic) bond motifs is 1. The van der Waals surface area contributed by atoms with Crippen molar-refractivity contribution in [1.82, 2.24) is 15.1 Å². The molecule has 5 rings (SSSR count). The number of hydrogen-bond donors (Lipinski definition) is 2. The number of ether oxygens (including phenoxy) is 1. The van der Waals surface area contributed by atoms with Crippen LogP contribution in [0, 0.1) is 0 Å². The van der Waals surface area contributed by atoms with Gasteiger partial charge in [0.05, 0.1) is 17.3 Å². The molecule has 172 valence electrons. The van der Waals surface area contributed by atoms with Crippen LogP contribution in [0.5, 0.6) is 0 Å². The van der Waals surface area contributed by atoms with Crippen molar-refractivity contribution < 1.29 is 23.2 Å². The van der Waals surface area contributed by atoms with Crippen LogP contribution >= 0.6 is 0 Å². The average molecular weight is 452 g/mol. The SMILES string of the molecule is [2H]C1([2H])c2c(NCc3ccc(CN4CCOCC4)cc3)cccc2C(=O)N1[C@]1([2H])CCC(=O)NC1=O. The summed E-state index contributed by atoms with van der Waals surface area (Å²) in [7, 11) is 0. The van der Waals surface area contributed by atoms with Gasteiger partial charge in [-0.2, -0.15) is 0 Å². The van der Waals surface area contributed by atoms with Gasteiger partial charge in [-0.1, -0.05) is 30.3 Å². The maximum Gasteiger partial charge on any atom is 0.255 e. The van der Waals surface area contributed by atoms with Gasteiger partial charge in [0, 0.05) is 55.9 Å². The van der Waals surface area contributed by atoms with Gasteiger partial charge < -0.3 is 15.0 Å². The average Bonchev–Trinajstić information content (AvgIpc) is 3.08. The number of carbonyl (C=O) groups is 3. The minimum absolute atomic E-state index is 0.0928. The fourth-order valence-electron chi connectivity index (χ4n) is 4.27. The van der Waals surface area contributed by atoms with Gasteiger partial charge in [0.15, 0.2) is 0 Å². The summed E-state index contributed by atoms with van der Waals surface area (Å²) in [4.78, 5) is 40.4. The van der Waals surface area contributed by atoms with Crippen molar-refractivity contribution in [3.8, 4) is 0 Å². The number of piperidine rings is 1. The van der Waals surface area contributed by atoms with Gasteiger partial charge in [-0.3, -0.25) is 24.6 Å². The Hall–Kier alpha value is -3.23. The van der Waals surface area contributed by atoms with Gasteiger partial charge in [0.25, 0.3) is 5.91 Å². The molecule has 0 bridgehead atoms. The number of morpholine rings is 1. The van der Waals surface area contributed by atoms with Crippen molar-refractivity contribution in [1.29, 1.82) is 0 Å². The zero-order chi connectivity index (χ0) is 25.5. The molecule has 1 atom stereocenters. The van der Waals surface area contributed by atoms with E-state index in [1.54, 1.807) is 12.1 Å². The Kier molecular flexibility index (Phi) is 5.15. The fraction of sp³-hybridized carbons (Fsp3) is 0.400. The minimum Gasteiger partial charge on any atom is -0.381 e. The van der Waals surface area contributed by atoms with E-state index in [1.165, 1.54) is 11.6 Å². The van der Waals surface area contributed by atoms with E-state index in [-0.39, 0.29) is 24.0 Å². The van der Waals surface area contributed by atoms with Gasteiger partial charge in [0.2, 0.25) is 11.8 Å². The molecule has 0 aliphatic carbocycles. The first-order valence-corrected chi connectivity index (χ1v) is 11.1. The highest BCUT2D eigenvalue weighted by Gasteiger charge is 2.39. The smallest absolute Gasteiger partial charge is 0.255 e. The molecule has 3 aliphatic rings. The molecule has 3 aliphatic heterocycles. The largest absolute Gasteiger partial charge is 0.381 e. The van der Waals surface area contributed by atoms with Crippen molar-refractivity contribution in [2.45, 2.75) is 38.4 Å². The van der Waals surface area contributed by atoms with Crippen molar-refractivity contribution in [3.63, 3.8) is 0 Å². The predicted molar refractivity (Wildman–Crippen MR) is 122 cm³/mol. The number of nitrogens with one attached hydrogen (secondary N) is 2. The molecule has 3 heterocycles. The van der Waals surface area contributed by atoms with E-state index in [9.17, 15) is 14.4 Å². The van der Waals surface area contributed by atoms with Crippen LogP contribution in [-0.4, -0.2) is 59.8 Å². The normalized spacial score (nSPS) is 26.2. The van der Waals surface area contributed by atoms with Gasteiger partial charge in [-0.05, 0) is 29.7 Å². The van der Waals surface area contributed by atoms with Crippen LogP contribution in [-0.2, 0) is 33.9 Å². The molecule has 2 aromatic carbocycles. The van der Waals surface area contributed by atoms with E-state index in [4.69, 9.17) is 8.85 Å². The molecule has 2 N–H and O–H groups in total. The number of rotatable bonds is 6. The van der Waals surface area contributed by atoms with Gasteiger partial charge >= 0.3 is 0 Å². The lowest BCUT2D eigenvalue weighted by Crippen LogP contribution is -2.52. The molecule has 0 saturated carbocycles. The third-order valence-corrected chi connectivity index (χ3v) is 6.11. The quantitative estimate of drug-likeness (QED) is 0.652. The number of benzene rings is 2. The zero-order valence-electron chi connectivity index (χ0n) is 21.2. The van der Waals surface area contributed by atoms with Crippen molar-refractivity contribution in [2.75, 3.05) is 31.6 Å². The van der Waals surface area contributed by atoms with Crippen LogP contribution in [0.2, 0.25) is 0 Å². The number of amides is 3. The molecule has 0 radical (unpaired) electrons. The lowest BCUT2D eigenvalue weighted by molar-refractivity contribution is -0.136. The van der Waals surface area contributed by atoms with Crippen LogP contribution in [0.4, 0.5) is 5.69 Å². The highest BCUT2D eigenvalue weighted by molar-refractivity contribution is 6.06. The van der Waals surface area contributed by atoms with E-state index in [0.717, 1.165) is 38.4 Å². The van der Waals surface area contributed by atoms with Crippen LogP contribution in [0.15, 0.2) is 42.5 Å². The molecule has 3 amide bonds. The molecule has 2 aromatic rings. The molecule has 8 heteroatoms. The highest BCUT2D eigenvalue weighted by atomic mass is 16.5. The molecule has 2 saturated heterocycles. The summed E-state index contributed by atoms with van der Waals surface area (Å²) in [5.41, 5.74) is 2.80. The van der Waals surface area contributed by atoms with Crippen molar-refractivity contribution >= 4 is 23.4 Å². The molecular weight excluding hydrogens is 420 g/mol. The first-order valence-electron chi connectivity index (χ1n) is 12.6. The Balaban J connectivity index is 1.33. The number of anilines is 1. The van der Waals surface area contributed by atoms with E-state index in [2.05, 4.69) is 27.7 Å². The summed E-state index contributed by atoms with van der Waals surface area (Å²) in [5.74, 6) is -2.27. The minimum atomic E-state index is -2.42. The molecule has 0 unspecified atom stereocenters. The number of carbonyl (C=O) groups excluding carboxylic acids is 3. The second-order valence-electron chi connectivity index (χ2n) is 8.36. The second-order valence-corrected chi connectivity index (χ2v) is 8.36. The third-order valence-electron chi connectivity index (χ3n) is 6.11. The number of hydrogen-bond acceptors (Lipinski definition) is 6. The monoisotopic (exact) mass is 451 g/mol. The maximum atomic E-state index is 13.2. The summed E-state index contributed by atoms with van der Waals surface area (Å²) in [6.07, 6.45) is -0.408. The van der Waals surface area contributed by atoms with E-state index < -0.39 is 30.2 Å². The molecule has 0 spiro atoms. The molecule has 8 nitrogen and oxygen atoms in total. The van der Waals surface area contributed by atoms with Crippen molar-refractivity contribution in [3.05, 3.63) is 64.7 Å². The van der Waals surface area contributed by atoms with Gasteiger partial charge in [-0.25, -0.2) is 0 Å². The van der Waals surface area contributed by atoms with E-state index in [0.29, 0.717) is 17.1 Å². The summed E-state index contributed by atoms with van der Waals surface area (Å²) >= 11 is 0. The second kappa shape index (κ2) is 9.33. The third kappa shape index (κ3) is 4.62. The highest BCUT2D eigenvalue weighted by Crippen LogP contribution is 2.32. The first kappa shape index (κ1) is 18.2. The summed E-state index contributed by atoms with van der Waals surface area (Å²) in [6.45, 7) is 2.17. The van der Waals surface area contributed by atoms with Gasteiger partial charge in [-0.15, -0.1) is 0 Å². The van der Waals surface area contributed by atoms with E-state index >= 15 is 0 Å².